The Morgan fingerprint density at radius 2 is 1.77 bits per heavy atom. The molecule has 4 rings (SSSR count). The number of nitrogens with one attached hydrogen (secondary N) is 1. The second-order valence-corrected chi connectivity index (χ2v) is 6.21. The van der Waals surface area contributed by atoms with E-state index >= 15 is 0 Å². The quantitative estimate of drug-likeness (QED) is 0.582. The van der Waals surface area contributed by atoms with Crippen LogP contribution in [0.2, 0.25) is 0 Å². The van der Waals surface area contributed by atoms with Crippen LogP contribution >= 0.6 is 0 Å². The SMILES string of the molecule is Cc1ccc(C)c(-c2nnc(NC(=O)c3cccc4ccccc34)o2)c1. The number of amides is 1. The summed E-state index contributed by atoms with van der Waals surface area (Å²) in [5, 5.41) is 12.6. The topological polar surface area (TPSA) is 68.0 Å². The van der Waals surface area contributed by atoms with Crippen molar-refractivity contribution in [2.24, 2.45) is 0 Å². The van der Waals surface area contributed by atoms with Gasteiger partial charge in [0.1, 0.15) is 0 Å². The number of fused-ring (bicyclic) bond motifs is 1. The zero-order valence-corrected chi connectivity index (χ0v) is 14.5. The highest BCUT2D eigenvalue weighted by Gasteiger charge is 2.15. The van der Waals surface area contributed by atoms with Crippen LogP contribution in [0.1, 0.15) is 21.5 Å². The van der Waals surface area contributed by atoms with Crippen LogP contribution < -0.4 is 5.32 Å². The number of aromatic nitrogens is 2. The fourth-order valence-electron chi connectivity index (χ4n) is 2.94. The van der Waals surface area contributed by atoms with E-state index in [0.717, 1.165) is 27.5 Å². The zero-order chi connectivity index (χ0) is 18.1. The molecule has 0 unspecified atom stereocenters. The van der Waals surface area contributed by atoms with Crippen molar-refractivity contribution in [1.29, 1.82) is 0 Å². The summed E-state index contributed by atoms with van der Waals surface area (Å²) in [7, 11) is 0. The molecule has 0 atom stereocenters. The lowest BCUT2D eigenvalue weighted by atomic mass is 10.0. The summed E-state index contributed by atoms with van der Waals surface area (Å²) in [6.45, 7) is 3.98. The molecule has 1 N–H and O–H groups in total. The molecule has 1 amide bonds. The molecule has 0 saturated heterocycles. The predicted octanol–water partition coefficient (Wildman–Crippen LogP) is 4.76. The molecule has 0 radical (unpaired) electrons. The van der Waals surface area contributed by atoms with Gasteiger partial charge in [-0.05, 0) is 42.3 Å². The number of anilines is 1. The van der Waals surface area contributed by atoms with Gasteiger partial charge in [-0.25, -0.2) is 0 Å². The van der Waals surface area contributed by atoms with Crippen molar-refractivity contribution in [3.63, 3.8) is 0 Å². The molecule has 4 aromatic rings. The highest BCUT2D eigenvalue weighted by molar-refractivity contribution is 6.12. The van der Waals surface area contributed by atoms with Gasteiger partial charge in [0.25, 0.3) is 5.91 Å². The van der Waals surface area contributed by atoms with E-state index in [0.29, 0.717) is 11.5 Å². The fourth-order valence-corrected chi connectivity index (χ4v) is 2.94. The lowest BCUT2D eigenvalue weighted by Gasteiger charge is -2.05. The third-order valence-corrected chi connectivity index (χ3v) is 4.30. The van der Waals surface area contributed by atoms with E-state index in [4.69, 9.17) is 4.42 Å². The van der Waals surface area contributed by atoms with Crippen LogP contribution in [0.5, 0.6) is 0 Å². The maximum atomic E-state index is 12.7. The van der Waals surface area contributed by atoms with Crippen molar-refractivity contribution in [1.82, 2.24) is 10.2 Å². The van der Waals surface area contributed by atoms with Gasteiger partial charge in [0.05, 0.1) is 0 Å². The molecule has 26 heavy (non-hydrogen) atoms. The van der Waals surface area contributed by atoms with Gasteiger partial charge in [-0.2, -0.15) is 0 Å². The summed E-state index contributed by atoms with van der Waals surface area (Å²) in [5.74, 6) is 0.109. The third-order valence-electron chi connectivity index (χ3n) is 4.30. The number of rotatable bonds is 3. The average Bonchev–Trinajstić information content (AvgIpc) is 3.11. The Kier molecular flexibility index (Phi) is 3.97. The number of benzene rings is 3. The van der Waals surface area contributed by atoms with E-state index in [9.17, 15) is 4.79 Å². The molecule has 0 saturated carbocycles. The normalized spacial score (nSPS) is 10.8. The number of carbonyl (C=O) groups excluding carboxylic acids is 1. The van der Waals surface area contributed by atoms with Crippen LogP contribution in [0.3, 0.4) is 0 Å². The first-order chi connectivity index (χ1) is 12.6. The number of carbonyl (C=O) groups is 1. The Hall–Kier alpha value is -3.47. The Labute approximate surface area is 150 Å². The zero-order valence-electron chi connectivity index (χ0n) is 14.5. The first-order valence-electron chi connectivity index (χ1n) is 8.32. The van der Waals surface area contributed by atoms with Gasteiger partial charge in [-0.1, -0.05) is 59.2 Å². The van der Waals surface area contributed by atoms with Crippen LogP contribution in [0.15, 0.2) is 65.1 Å². The molecule has 5 nitrogen and oxygen atoms in total. The van der Waals surface area contributed by atoms with Gasteiger partial charge in [0, 0.05) is 11.1 Å². The molecule has 5 heteroatoms. The Morgan fingerprint density at radius 1 is 0.962 bits per heavy atom. The molecule has 128 valence electrons. The molecule has 0 aliphatic rings. The summed E-state index contributed by atoms with van der Waals surface area (Å²) in [4.78, 5) is 12.7. The number of aryl methyl sites for hydroxylation is 2. The average molecular weight is 343 g/mol. The minimum absolute atomic E-state index is 0.0823. The lowest BCUT2D eigenvalue weighted by molar-refractivity contribution is 0.102. The summed E-state index contributed by atoms with van der Waals surface area (Å²) in [6.07, 6.45) is 0. The molecular weight excluding hydrogens is 326 g/mol. The summed E-state index contributed by atoms with van der Waals surface area (Å²) >= 11 is 0. The third kappa shape index (κ3) is 2.95. The summed E-state index contributed by atoms with van der Waals surface area (Å²) in [6, 6.07) is 19.4. The highest BCUT2D eigenvalue weighted by Crippen LogP contribution is 2.25. The van der Waals surface area contributed by atoms with Crippen LogP contribution in [0.25, 0.3) is 22.2 Å². The van der Waals surface area contributed by atoms with E-state index in [1.165, 1.54) is 0 Å². The monoisotopic (exact) mass is 343 g/mol. The van der Waals surface area contributed by atoms with Gasteiger partial charge < -0.3 is 4.42 Å². The van der Waals surface area contributed by atoms with Crippen LogP contribution in [0.4, 0.5) is 6.01 Å². The van der Waals surface area contributed by atoms with Crippen molar-refractivity contribution >= 4 is 22.7 Å². The van der Waals surface area contributed by atoms with Gasteiger partial charge in [0.15, 0.2) is 0 Å². The molecule has 0 bridgehead atoms. The first kappa shape index (κ1) is 16.0. The van der Waals surface area contributed by atoms with Gasteiger partial charge >= 0.3 is 6.01 Å². The van der Waals surface area contributed by atoms with Crippen molar-refractivity contribution in [3.05, 3.63) is 77.4 Å². The molecule has 0 spiro atoms. The molecule has 1 aromatic heterocycles. The molecular formula is C21H17N3O2. The molecule has 0 fully saturated rings. The van der Waals surface area contributed by atoms with E-state index in [1.807, 2.05) is 68.4 Å². The lowest BCUT2D eigenvalue weighted by Crippen LogP contribution is -2.12. The largest absolute Gasteiger partial charge is 0.403 e. The maximum absolute atomic E-state index is 12.7. The Morgan fingerprint density at radius 3 is 2.65 bits per heavy atom. The predicted molar refractivity (Wildman–Crippen MR) is 101 cm³/mol. The Balaban J connectivity index is 1.63. The van der Waals surface area contributed by atoms with E-state index in [2.05, 4.69) is 15.5 Å². The second-order valence-electron chi connectivity index (χ2n) is 6.21. The summed E-state index contributed by atoms with van der Waals surface area (Å²) in [5.41, 5.74) is 3.56. The number of hydrogen-bond donors (Lipinski definition) is 1. The maximum Gasteiger partial charge on any atom is 0.322 e. The highest BCUT2D eigenvalue weighted by atomic mass is 16.4. The van der Waals surface area contributed by atoms with E-state index in [1.54, 1.807) is 6.07 Å². The summed E-state index contributed by atoms with van der Waals surface area (Å²) < 4.78 is 5.66. The number of nitrogens with zero attached hydrogens (tertiary/aromatic N) is 2. The van der Waals surface area contributed by atoms with E-state index < -0.39 is 0 Å². The minimum atomic E-state index is -0.280. The standard InChI is InChI=1S/C21H17N3O2/c1-13-10-11-14(2)18(12-13)20-23-24-21(26-20)22-19(25)17-9-5-7-15-6-3-4-8-16(15)17/h3-12H,1-2H3,(H,22,24,25). The molecule has 0 aliphatic carbocycles. The van der Waals surface area contributed by atoms with Crippen molar-refractivity contribution in [2.45, 2.75) is 13.8 Å². The first-order valence-corrected chi connectivity index (χ1v) is 8.32. The Bertz CT molecular complexity index is 1110. The van der Waals surface area contributed by atoms with Crippen molar-refractivity contribution in [2.75, 3.05) is 5.32 Å². The van der Waals surface area contributed by atoms with Gasteiger partial charge in [-0.15, -0.1) is 5.10 Å². The van der Waals surface area contributed by atoms with E-state index in [-0.39, 0.29) is 11.9 Å². The van der Waals surface area contributed by atoms with Gasteiger partial charge in [-0.3, -0.25) is 10.1 Å². The van der Waals surface area contributed by atoms with Crippen molar-refractivity contribution in [3.8, 4) is 11.5 Å². The van der Waals surface area contributed by atoms with Crippen LogP contribution in [-0.4, -0.2) is 16.1 Å². The number of hydrogen-bond acceptors (Lipinski definition) is 4. The smallest absolute Gasteiger partial charge is 0.322 e. The van der Waals surface area contributed by atoms with Crippen LogP contribution in [-0.2, 0) is 0 Å². The molecule has 0 aliphatic heterocycles. The molecule has 3 aromatic carbocycles. The minimum Gasteiger partial charge on any atom is -0.403 e. The van der Waals surface area contributed by atoms with Crippen molar-refractivity contribution < 1.29 is 9.21 Å². The van der Waals surface area contributed by atoms with Crippen LogP contribution in [0, 0.1) is 13.8 Å². The fraction of sp³-hybridized carbons (Fsp3) is 0.0952. The van der Waals surface area contributed by atoms with Gasteiger partial charge in [0.2, 0.25) is 5.89 Å². The second kappa shape index (κ2) is 6.44. The molecule has 1 heterocycles.